The molecular formula is C3H9NO3P+. The summed E-state index contributed by atoms with van der Waals surface area (Å²) in [4.78, 5) is 8.04. The summed E-state index contributed by atoms with van der Waals surface area (Å²) >= 11 is 0. The van der Waals surface area contributed by atoms with Crippen LogP contribution in [0, 0.1) is 0 Å². The van der Waals surface area contributed by atoms with Crippen LogP contribution in [0.3, 0.4) is 0 Å². The van der Waals surface area contributed by atoms with E-state index in [4.69, 9.17) is 4.89 Å². The van der Waals surface area contributed by atoms with Crippen molar-refractivity contribution < 1.29 is 14.0 Å². The van der Waals surface area contributed by atoms with E-state index in [1.807, 2.05) is 0 Å². The third kappa shape index (κ3) is 5.98. The van der Waals surface area contributed by atoms with Crippen LogP contribution in [0.1, 0.15) is 0 Å². The number of hydrogen-bond acceptors (Lipinski definition) is 3. The first-order chi connectivity index (χ1) is 3.77. The van der Waals surface area contributed by atoms with Gasteiger partial charge in [0.2, 0.25) is 0 Å². The van der Waals surface area contributed by atoms with Crippen molar-refractivity contribution in [3.05, 3.63) is 0 Å². The van der Waals surface area contributed by atoms with Crippen molar-refractivity contribution in [2.24, 2.45) is 0 Å². The molecule has 0 bridgehead atoms. The molecule has 8 heavy (non-hydrogen) atoms. The second-order valence-electron chi connectivity index (χ2n) is 1.17. The molecule has 0 spiro atoms. The van der Waals surface area contributed by atoms with E-state index < -0.39 is 8.25 Å². The van der Waals surface area contributed by atoms with Crippen molar-refractivity contribution in [3.8, 4) is 0 Å². The standard InChI is InChI=1S/C3H8NO3P/c1-4-2-3-7-8(5)6/h4H,2-3H2,1H3/p+1. The van der Waals surface area contributed by atoms with Crippen LogP contribution < -0.4 is 5.32 Å². The fourth-order valence-corrected chi connectivity index (χ4v) is 0.473. The summed E-state index contributed by atoms with van der Waals surface area (Å²) in [5, 5.41) is 2.76. The molecule has 0 aromatic rings. The van der Waals surface area contributed by atoms with Crippen LogP contribution in [-0.2, 0) is 9.09 Å². The van der Waals surface area contributed by atoms with E-state index in [0.29, 0.717) is 6.54 Å². The summed E-state index contributed by atoms with van der Waals surface area (Å²) < 4.78 is 14.1. The average Bonchev–Trinajstić information content (AvgIpc) is 1.66. The Morgan fingerprint density at radius 3 is 2.88 bits per heavy atom. The van der Waals surface area contributed by atoms with Crippen molar-refractivity contribution in [1.82, 2.24) is 5.32 Å². The minimum Gasteiger partial charge on any atom is -0.317 e. The third-order valence-corrected chi connectivity index (χ3v) is 0.957. The maximum absolute atomic E-state index is 9.77. The summed E-state index contributed by atoms with van der Waals surface area (Å²) in [6.07, 6.45) is 0. The lowest BCUT2D eigenvalue weighted by Crippen LogP contribution is -2.11. The van der Waals surface area contributed by atoms with Gasteiger partial charge in [-0.2, -0.15) is 0 Å². The van der Waals surface area contributed by atoms with Gasteiger partial charge in [-0.3, -0.25) is 0 Å². The highest BCUT2D eigenvalue weighted by Crippen LogP contribution is 2.12. The van der Waals surface area contributed by atoms with Gasteiger partial charge < -0.3 is 5.32 Å². The zero-order valence-electron chi connectivity index (χ0n) is 4.63. The van der Waals surface area contributed by atoms with E-state index >= 15 is 0 Å². The van der Waals surface area contributed by atoms with Crippen LogP contribution in [-0.4, -0.2) is 25.1 Å². The molecule has 5 heteroatoms. The molecule has 0 saturated heterocycles. The largest absolute Gasteiger partial charge is 0.694 e. The molecule has 0 aliphatic carbocycles. The Kier molecular flexibility index (Phi) is 5.11. The number of nitrogens with one attached hydrogen (secondary N) is 1. The lowest BCUT2D eigenvalue weighted by Gasteiger charge is -1.86. The van der Waals surface area contributed by atoms with E-state index in [1.165, 1.54) is 0 Å². The highest BCUT2D eigenvalue weighted by Gasteiger charge is 2.08. The molecule has 0 radical (unpaired) electrons. The van der Waals surface area contributed by atoms with Gasteiger partial charge in [0.05, 0.1) is 0 Å². The Morgan fingerprint density at radius 1 is 1.88 bits per heavy atom. The predicted octanol–water partition coefficient (Wildman–Crippen LogP) is -0.128. The van der Waals surface area contributed by atoms with Gasteiger partial charge in [-0.25, -0.2) is 0 Å². The van der Waals surface area contributed by atoms with Gasteiger partial charge in [-0.05, 0) is 7.05 Å². The lowest BCUT2D eigenvalue weighted by atomic mass is 10.7. The Balaban J connectivity index is 2.82. The maximum Gasteiger partial charge on any atom is 0.694 e. The topological polar surface area (TPSA) is 58.6 Å². The molecule has 0 aliphatic heterocycles. The minimum absolute atomic E-state index is 0.280. The first kappa shape index (κ1) is 7.98. The van der Waals surface area contributed by atoms with Gasteiger partial charge in [-0.15, -0.1) is 9.42 Å². The Morgan fingerprint density at radius 2 is 2.50 bits per heavy atom. The summed E-state index contributed by atoms with van der Waals surface area (Å²) in [5.74, 6) is 0. The van der Waals surface area contributed by atoms with Crippen LogP contribution in [0.4, 0.5) is 0 Å². The Bertz CT molecular complexity index is 76.9. The molecular weight excluding hydrogens is 129 g/mol. The molecule has 0 aromatic carbocycles. The fourth-order valence-electron chi connectivity index (χ4n) is 0.226. The van der Waals surface area contributed by atoms with Crippen LogP contribution in [0.5, 0.6) is 0 Å². The van der Waals surface area contributed by atoms with Gasteiger partial charge >= 0.3 is 8.25 Å². The molecule has 0 saturated carbocycles. The molecule has 4 nitrogen and oxygen atoms in total. The molecule has 1 atom stereocenters. The first-order valence-electron chi connectivity index (χ1n) is 2.21. The molecule has 0 fully saturated rings. The van der Waals surface area contributed by atoms with Gasteiger partial charge in [0, 0.05) is 11.1 Å². The molecule has 48 valence electrons. The van der Waals surface area contributed by atoms with Crippen LogP contribution in [0.2, 0.25) is 0 Å². The second kappa shape index (κ2) is 5.12. The van der Waals surface area contributed by atoms with E-state index in [-0.39, 0.29) is 6.61 Å². The third-order valence-electron chi connectivity index (χ3n) is 0.554. The van der Waals surface area contributed by atoms with Crippen molar-refractivity contribution in [3.63, 3.8) is 0 Å². The molecule has 0 aliphatic rings. The van der Waals surface area contributed by atoms with Crippen molar-refractivity contribution in [2.45, 2.75) is 0 Å². The molecule has 0 amide bonds. The van der Waals surface area contributed by atoms with E-state index in [9.17, 15) is 4.57 Å². The van der Waals surface area contributed by atoms with E-state index in [1.54, 1.807) is 7.05 Å². The number of rotatable bonds is 4. The summed E-state index contributed by atoms with van der Waals surface area (Å²) in [7, 11) is -0.658. The van der Waals surface area contributed by atoms with E-state index in [0.717, 1.165) is 0 Å². The summed E-state index contributed by atoms with van der Waals surface area (Å²) in [6, 6.07) is 0. The molecule has 0 aromatic heterocycles. The van der Waals surface area contributed by atoms with Crippen LogP contribution in [0.15, 0.2) is 0 Å². The van der Waals surface area contributed by atoms with Gasteiger partial charge in [-0.1, -0.05) is 0 Å². The van der Waals surface area contributed by atoms with Crippen molar-refractivity contribution >= 4 is 8.25 Å². The molecule has 0 rings (SSSR count). The van der Waals surface area contributed by atoms with Gasteiger partial charge in [0.25, 0.3) is 0 Å². The maximum atomic E-state index is 9.77. The lowest BCUT2D eigenvalue weighted by molar-refractivity contribution is 0.283. The first-order valence-corrected chi connectivity index (χ1v) is 3.34. The van der Waals surface area contributed by atoms with Gasteiger partial charge in [0.15, 0.2) is 0 Å². The number of likely N-dealkylation sites (N-methyl/N-ethyl adjacent to an activating group) is 1. The second-order valence-corrected chi connectivity index (χ2v) is 1.91. The minimum atomic E-state index is -2.40. The summed E-state index contributed by atoms with van der Waals surface area (Å²) in [5.41, 5.74) is 0. The zero-order valence-corrected chi connectivity index (χ0v) is 5.52. The quantitative estimate of drug-likeness (QED) is 0.419. The van der Waals surface area contributed by atoms with Crippen molar-refractivity contribution in [1.29, 1.82) is 0 Å². The monoisotopic (exact) mass is 138 g/mol. The summed E-state index contributed by atoms with van der Waals surface area (Å²) in [6.45, 7) is 0.879. The van der Waals surface area contributed by atoms with Crippen LogP contribution >= 0.6 is 8.25 Å². The highest BCUT2D eigenvalue weighted by atomic mass is 31.1. The molecule has 2 N–H and O–H groups in total. The van der Waals surface area contributed by atoms with Gasteiger partial charge in [0.1, 0.15) is 6.61 Å². The fraction of sp³-hybridized carbons (Fsp3) is 1.00. The normalized spacial score (nSPS) is 11.5. The number of hydrogen-bond donors (Lipinski definition) is 2. The van der Waals surface area contributed by atoms with Crippen molar-refractivity contribution in [2.75, 3.05) is 20.2 Å². The van der Waals surface area contributed by atoms with Crippen LogP contribution in [0.25, 0.3) is 0 Å². The Hall–Kier alpha value is -0.0200. The predicted molar refractivity (Wildman–Crippen MR) is 29.7 cm³/mol. The smallest absolute Gasteiger partial charge is 0.317 e. The average molecular weight is 138 g/mol. The molecule has 1 unspecified atom stereocenters. The van der Waals surface area contributed by atoms with E-state index in [2.05, 4.69) is 9.84 Å². The SMILES string of the molecule is CNCCO[P+](=O)O. The Labute approximate surface area is 48.8 Å². The highest BCUT2D eigenvalue weighted by molar-refractivity contribution is 7.32. The zero-order chi connectivity index (χ0) is 6.41. The molecule has 0 heterocycles.